The average molecular weight is 293 g/mol. The Hall–Kier alpha value is -1.89. The molecule has 2 aromatic rings. The molecule has 0 aliphatic rings. The number of hydrogen-bond donors (Lipinski definition) is 1. The highest BCUT2D eigenvalue weighted by Crippen LogP contribution is 2.14. The van der Waals surface area contributed by atoms with Gasteiger partial charge in [-0.1, -0.05) is 0 Å². The number of aromatic nitrogens is 3. The van der Waals surface area contributed by atoms with Crippen molar-refractivity contribution in [2.75, 3.05) is 12.4 Å². The maximum absolute atomic E-state index is 12.1. The molecule has 6 nitrogen and oxygen atoms in total. The van der Waals surface area contributed by atoms with E-state index in [0.29, 0.717) is 12.4 Å². The lowest BCUT2D eigenvalue weighted by molar-refractivity contribution is 0.221. The smallest absolute Gasteiger partial charge is 0.322 e. The second kappa shape index (κ2) is 6.04. The van der Waals surface area contributed by atoms with Crippen LogP contribution in [0.1, 0.15) is 29.8 Å². The summed E-state index contributed by atoms with van der Waals surface area (Å²) in [4.78, 5) is 18.9. The van der Waals surface area contributed by atoms with Gasteiger partial charge in [-0.3, -0.25) is 10.00 Å². The van der Waals surface area contributed by atoms with Crippen LogP contribution in [0.15, 0.2) is 18.5 Å². The number of anilines is 1. The van der Waals surface area contributed by atoms with Crippen LogP contribution in [0.3, 0.4) is 0 Å². The molecule has 0 aliphatic heterocycles. The molecule has 20 heavy (non-hydrogen) atoms. The molecule has 1 N–H and O–H groups in total. The van der Waals surface area contributed by atoms with E-state index in [1.807, 2.05) is 31.6 Å². The molecule has 0 saturated heterocycles. The summed E-state index contributed by atoms with van der Waals surface area (Å²) in [6.45, 7) is 6.57. The third kappa shape index (κ3) is 3.57. The SMILES string of the molecule is Cc1ncc(CN(C)C(=O)Nc2ccn(C(C)C)n2)s1. The molecule has 0 saturated carbocycles. The molecule has 7 heteroatoms. The first-order valence-corrected chi connectivity index (χ1v) is 7.26. The van der Waals surface area contributed by atoms with Crippen LogP contribution in [0.4, 0.5) is 10.6 Å². The number of carbonyl (C=O) groups is 1. The summed E-state index contributed by atoms with van der Waals surface area (Å²) in [7, 11) is 1.75. The minimum Gasteiger partial charge on any atom is -0.322 e. The highest BCUT2D eigenvalue weighted by molar-refractivity contribution is 7.11. The van der Waals surface area contributed by atoms with Gasteiger partial charge in [0.1, 0.15) is 0 Å². The van der Waals surface area contributed by atoms with Crippen molar-refractivity contribution in [2.45, 2.75) is 33.4 Å². The summed E-state index contributed by atoms with van der Waals surface area (Å²) in [6.07, 6.45) is 3.66. The maximum Gasteiger partial charge on any atom is 0.323 e. The van der Waals surface area contributed by atoms with Crippen LogP contribution < -0.4 is 5.32 Å². The first-order chi connectivity index (χ1) is 9.45. The van der Waals surface area contributed by atoms with Crippen molar-refractivity contribution in [3.05, 3.63) is 28.3 Å². The maximum atomic E-state index is 12.1. The van der Waals surface area contributed by atoms with Gasteiger partial charge < -0.3 is 4.90 Å². The van der Waals surface area contributed by atoms with Crippen molar-refractivity contribution in [1.29, 1.82) is 0 Å². The standard InChI is InChI=1S/C13H19N5OS/c1-9(2)18-6-5-12(16-18)15-13(19)17(4)8-11-7-14-10(3)20-11/h5-7,9H,8H2,1-4H3,(H,15,16,19). The summed E-state index contributed by atoms with van der Waals surface area (Å²) >= 11 is 1.60. The summed E-state index contributed by atoms with van der Waals surface area (Å²) in [5.41, 5.74) is 0. The number of nitrogens with one attached hydrogen (secondary N) is 1. The predicted octanol–water partition coefficient (Wildman–Crippen LogP) is 2.89. The van der Waals surface area contributed by atoms with Gasteiger partial charge in [-0.15, -0.1) is 11.3 Å². The third-order valence-electron chi connectivity index (χ3n) is 2.78. The molecular weight excluding hydrogens is 274 g/mol. The minimum absolute atomic E-state index is 0.176. The Balaban J connectivity index is 1.93. The summed E-state index contributed by atoms with van der Waals surface area (Å²) in [5, 5.41) is 8.08. The van der Waals surface area contributed by atoms with Crippen molar-refractivity contribution >= 4 is 23.2 Å². The van der Waals surface area contributed by atoms with E-state index in [1.165, 1.54) is 0 Å². The van der Waals surface area contributed by atoms with Gasteiger partial charge in [-0.05, 0) is 20.8 Å². The molecule has 0 atom stereocenters. The van der Waals surface area contributed by atoms with E-state index in [0.717, 1.165) is 9.88 Å². The van der Waals surface area contributed by atoms with E-state index >= 15 is 0 Å². The molecule has 0 aromatic carbocycles. The zero-order valence-corrected chi connectivity index (χ0v) is 12.9. The lowest BCUT2D eigenvalue weighted by Crippen LogP contribution is -2.30. The van der Waals surface area contributed by atoms with Gasteiger partial charge >= 0.3 is 6.03 Å². The van der Waals surface area contributed by atoms with Gasteiger partial charge in [-0.2, -0.15) is 5.10 Å². The molecule has 2 amide bonds. The van der Waals surface area contributed by atoms with Crippen LogP contribution in [-0.4, -0.2) is 32.7 Å². The van der Waals surface area contributed by atoms with Gasteiger partial charge in [0.05, 0.1) is 11.6 Å². The van der Waals surface area contributed by atoms with Crippen LogP contribution in [0, 0.1) is 6.92 Å². The number of urea groups is 1. The van der Waals surface area contributed by atoms with Crippen molar-refractivity contribution in [3.8, 4) is 0 Å². The Bertz CT molecular complexity index is 589. The molecule has 2 rings (SSSR count). The van der Waals surface area contributed by atoms with Crippen LogP contribution in [0.25, 0.3) is 0 Å². The number of thiazole rings is 1. The van der Waals surface area contributed by atoms with Crippen molar-refractivity contribution in [3.63, 3.8) is 0 Å². The zero-order valence-electron chi connectivity index (χ0n) is 12.1. The minimum atomic E-state index is -0.176. The Kier molecular flexibility index (Phi) is 4.39. The van der Waals surface area contributed by atoms with E-state index in [-0.39, 0.29) is 12.1 Å². The van der Waals surface area contributed by atoms with Crippen LogP contribution in [-0.2, 0) is 6.54 Å². The lowest BCUT2D eigenvalue weighted by Gasteiger charge is -2.15. The highest BCUT2D eigenvalue weighted by atomic mass is 32.1. The van der Waals surface area contributed by atoms with E-state index in [2.05, 4.69) is 15.4 Å². The van der Waals surface area contributed by atoms with Crippen LogP contribution in [0.5, 0.6) is 0 Å². The molecule has 0 fully saturated rings. The molecule has 0 spiro atoms. The molecular formula is C13H19N5OS. The molecule has 0 unspecified atom stereocenters. The lowest BCUT2D eigenvalue weighted by atomic mass is 10.4. The predicted molar refractivity (Wildman–Crippen MR) is 79.9 cm³/mol. The second-order valence-electron chi connectivity index (χ2n) is 4.91. The van der Waals surface area contributed by atoms with Gasteiger partial charge in [0, 0.05) is 36.4 Å². The fraction of sp³-hybridized carbons (Fsp3) is 0.462. The van der Waals surface area contributed by atoms with E-state index in [4.69, 9.17) is 0 Å². The van der Waals surface area contributed by atoms with Crippen LogP contribution >= 0.6 is 11.3 Å². The van der Waals surface area contributed by atoms with E-state index in [1.54, 1.807) is 35.5 Å². The number of amides is 2. The fourth-order valence-corrected chi connectivity index (χ4v) is 2.53. The number of rotatable bonds is 4. The van der Waals surface area contributed by atoms with E-state index in [9.17, 15) is 4.79 Å². The van der Waals surface area contributed by atoms with Crippen molar-refractivity contribution < 1.29 is 4.79 Å². The largest absolute Gasteiger partial charge is 0.323 e. The Morgan fingerprint density at radius 2 is 2.30 bits per heavy atom. The number of carbonyl (C=O) groups excluding carboxylic acids is 1. The van der Waals surface area contributed by atoms with Gasteiger partial charge in [0.15, 0.2) is 5.82 Å². The quantitative estimate of drug-likeness (QED) is 0.942. The first kappa shape index (κ1) is 14.5. The second-order valence-corrected chi connectivity index (χ2v) is 6.23. The molecule has 0 bridgehead atoms. The number of hydrogen-bond acceptors (Lipinski definition) is 4. The normalized spacial score (nSPS) is 10.8. The summed E-state index contributed by atoms with van der Waals surface area (Å²) in [6, 6.07) is 1.89. The van der Waals surface area contributed by atoms with E-state index < -0.39 is 0 Å². The first-order valence-electron chi connectivity index (χ1n) is 6.44. The Morgan fingerprint density at radius 1 is 1.55 bits per heavy atom. The Labute approximate surface area is 122 Å². The summed E-state index contributed by atoms with van der Waals surface area (Å²) in [5.74, 6) is 0.566. The van der Waals surface area contributed by atoms with Gasteiger partial charge in [0.25, 0.3) is 0 Å². The monoisotopic (exact) mass is 293 g/mol. The zero-order chi connectivity index (χ0) is 14.7. The topological polar surface area (TPSA) is 63.1 Å². The average Bonchev–Trinajstić information content (AvgIpc) is 2.98. The summed E-state index contributed by atoms with van der Waals surface area (Å²) < 4.78 is 1.81. The fourth-order valence-electron chi connectivity index (χ4n) is 1.68. The Morgan fingerprint density at radius 3 is 2.85 bits per heavy atom. The van der Waals surface area contributed by atoms with Crippen molar-refractivity contribution in [2.24, 2.45) is 0 Å². The van der Waals surface area contributed by atoms with Crippen LogP contribution in [0.2, 0.25) is 0 Å². The number of nitrogens with zero attached hydrogens (tertiary/aromatic N) is 4. The molecule has 108 valence electrons. The van der Waals surface area contributed by atoms with Gasteiger partial charge in [-0.25, -0.2) is 9.78 Å². The molecule has 2 heterocycles. The molecule has 2 aromatic heterocycles. The van der Waals surface area contributed by atoms with Gasteiger partial charge in [0.2, 0.25) is 0 Å². The highest BCUT2D eigenvalue weighted by Gasteiger charge is 2.12. The molecule has 0 aliphatic carbocycles. The third-order valence-corrected chi connectivity index (χ3v) is 3.68. The number of aryl methyl sites for hydroxylation is 1. The van der Waals surface area contributed by atoms with Crippen molar-refractivity contribution in [1.82, 2.24) is 19.7 Å². The molecule has 0 radical (unpaired) electrons.